The average Bonchev–Trinajstić information content (AvgIpc) is 3.20. The number of hydrogen-bond donors (Lipinski definition) is 1. The lowest BCUT2D eigenvalue weighted by Crippen LogP contribution is -2.09. The molecule has 2 heterocycles. The van der Waals surface area contributed by atoms with Crippen molar-refractivity contribution in [2.75, 3.05) is 7.11 Å². The molecule has 7 nitrogen and oxygen atoms in total. The predicted molar refractivity (Wildman–Crippen MR) is 108 cm³/mol. The topological polar surface area (TPSA) is 94.2 Å². The Morgan fingerprint density at radius 2 is 1.93 bits per heavy atom. The van der Waals surface area contributed by atoms with E-state index >= 15 is 0 Å². The van der Waals surface area contributed by atoms with Crippen molar-refractivity contribution in [3.63, 3.8) is 0 Å². The number of nitrogens with one attached hydrogen (secondary N) is 1. The molecule has 1 atom stereocenters. The summed E-state index contributed by atoms with van der Waals surface area (Å²) in [5, 5.41) is 0.381. The number of H-pyrrole nitrogens is 1. The van der Waals surface area contributed by atoms with Gasteiger partial charge in [-0.25, -0.2) is 9.78 Å². The van der Waals surface area contributed by atoms with Gasteiger partial charge in [-0.3, -0.25) is 9.19 Å². The van der Waals surface area contributed by atoms with Crippen molar-refractivity contribution < 1.29 is 18.5 Å². The van der Waals surface area contributed by atoms with Crippen LogP contribution in [0.4, 0.5) is 0 Å². The molecule has 0 saturated carbocycles. The van der Waals surface area contributed by atoms with Gasteiger partial charge in [0.25, 0.3) is 0 Å². The number of rotatable bonds is 6. The molecule has 4 rings (SSSR count). The zero-order chi connectivity index (χ0) is 20.2. The van der Waals surface area contributed by atoms with Crippen LogP contribution in [0.5, 0.6) is 11.5 Å². The fourth-order valence-electron chi connectivity index (χ4n) is 2.78. The molecule has 8 heteroatoms. The van der Waals surface area contributed by atoms with E-state index in [-0.39, 0.29) is 5.75 Å². The van der Waals surface area contributed by atoms with E-state index in [1.54, 1.807) is 60.9 Å². The molecule has 0 radical (unpaired) electrons. The van der Waals surface area contributed by atoms with Crippen LogP contribution in [-0.4, -0.2) is 32.2 Å². The van der Waals surface area contributed by atoms with Gasteiger partial charge in [-0.05, 0) is 35.9 Å². The zero-order valence-corrected chi connectivity index (χ0v) is 16.3. The van der Waals surface area contributed by atoms with E-state index in [1.807, 2.05) is 6.07 Å². The smallest absolute Gasteiger partial charge is 0.343 e. The van der Waals surface area contributed by atoms with E-state index in [2.05, 4.69) is 15.0 Å². The SMILES string of the molecule is COc1cc(CS(=O)c2nc3ccncc3[nH]2)ccc1OC(=O)c1ccccc1. The number of imidazole rings is 1. The number of fused-ring (bicyclic) bond motifs is 1. The number of methoxy groups -OCH3 is 1. The third-order valence-electron chi connectivity index (χ3n) is 4.22. The second-order valence-corrected chi connectivity index (χ2v) is 7.53. The van der Waals surface area contributed by atoms with Crippen LogP contribution in [0.25, 0.3) is 11.0 Å². The standard InChI is InChI=1S/C21H17N3O4S/c1-27-19-11-14(7-8-18(19)28-20(25)15-5-3-2-4-6-15)13-29(26)21-23-16-9-10-22-12-17(16)24-21/h2-12H,13H2,1H3,(H,23,24). The number of esters is 1. The molecule has 0 spiro atoms. The summed E-state index contributed by atoms with van der Waals surface area (Å²) in [7, 11) is 0.106. The minimum Gasteiger partial charge on any atom is -0.493 e. The Hall–Kier alpha value is -3.52. The van der Waals surface area contributed by atoms with Gasteiger partial charge in [-0.1, -0.05) is 24.3 Å². The van der Waals surface area contributed by atoms with Crippen LogP contribution in [0, 0.1) is 0 Å². The van der Waals surface area contributed by atoms with Gasteiger partial charge in [0.05, 0.1) is 46.5 Å². The van der Waals surface area contributed by atoms with Crippen LogP contribution < -0.4 is 9.47 Å². The molecular weight excluding hydrogens is 390 g/mol. The van der Waals surface area contributed by atoms with Crippen molar-refractivity contribution in [3.8, 4) is 11.5 Å². The summed E-state index contributed by atoms with van der Waals surface area (Å²) in [5.74, 6) is 0.440. The first-order valence-electron chi connectivity index (χ1n) is 8.76. The van der Waals surface area contributed by atoms with Crippen LogP contribution in [0.2, 0.25) is 0 Å². The molecule has 0 fully saturated rings. The Morgan fingerprint density at radius 1 is 1.10 bits per heavy atom. The average molecular weight is 407 g/mol. The molecule has 0 bridgehead atoms. The molecule has 1 unspecified atom stereocenters. The van der Waals surface area contributed by atoms with E-state index in [0.29, 0.717) is 27.7 Å². The Bertz CT molecular complexity index is 1160. The summed E-state index contributed by atoms with van der Waals surface area (Å²) in [6.45, 7) is 0. The molecule has 0 aliphatic heterocycles. The lowest BCUT2D eigenvalue weighted by molar-refractivity contribution is 0.0729. The van der Waals surface area contributed by atoms with Crippen molar-refractivity contribution >= 4 is 27.8 Å². The number of nitrogens with zero attached hydrogens (tertiary/aromatic N) is 2. The van der Waals surface area contributed by atoms with E-state index in [9.17, 15) is 9.00 Å². The maximum absolute atomic E-state index is 12.7. The maximum Gasteiger partial charge on any atom is 0.343 e. The zero-order valence-electron chi connectivity index (χ0n) is 15.5. The summed E-state index contributed by atoms with van der Waals surface area (Å²) in [6, 6.07) is 15.5. The number of hydrogen-bond acceptors (Lipinski definition) is 6. The number of carbonyl (C=O) groups is 1. The molecule has 146 valence electrons. The molecule has 0 aliphatic rings. The first kappa shape index (κ1) is 18.8. The number of carbonyl (C=O) groups excluding carboxylic acids is 1. The second kappa shape index (κ2) is 8.24. The fraction of sp³-hybridized carbons (Fsp3) is 0.0952. The van der Waals surface area contributed by atoms with Crippen molar-refractivity contribution in [1.29, 1.82) is 0 Å². The molecule has 0 aliphatic carbocycles. The van der Waals surface area contributed by atoms with Crippen molar-refractivity contribution in [3.05, 3.63) is 78.1 Å². The number of aromatic nitrogens is 3. The number of ether oxygens (including phenoxy) is 2. The van der Waals surface area contributed by atoms with E-state index < -0.39 is 16.8 Å². The Labute approximate surface area is 169 Å². The van der Waals surface area contributed by atoms with E-state index in [1.165, 1.54) is 7.11 Å². The van der Waals surface area contributed by atoms with Gasteiger partial charge < -0.3 is 14.5 Å². The van der Waals surface area contributed by atoms with Gasteiger partial charge in [-0.2, -0.15) is 0 Å². The van der Waals surface area contributed by atoms with Gasteiger partial charge in [0.2, 0.25) is 0 Å². The predicted octanol–water partition coefficient (Wildman–Crippen LogP) is 3.49. The fourth-order valence-corrected chi connectivity index (χ4v) is 3.82. The number of pyridine rings is 1. The Kier molecular flexibility index (Phi) is 5.35. The molecular formula is C21H17N3O4S. The lowest BCUT2D eigenvalue weighted by atomic mass is 10.2. The van der Waals surface area contributed by atoms with Gasteiger partial charge in [0, 0.05) is 6.20 Å². The minimum atomic E-state index is -1.38. The van der Waals surface area contributed by atoms with Crippen LogP contribution in [0.3, 0.4) is 0 Å². The Balaban J connectivity index is 1.51. The molecule has 0 saturated heterocycles. The highest BCUT2D eigenvalue weighted by Gasteiger charge is 2.15. The van der Waals surface area contributed by atoms with Crippen LogP contribution in [0.1, 0.15) is 15.9 Å². The van der Waals surface area contributed by atoms with Gasteiger partial charge in [-0.15, -0.1) is 0 Å². The maximum atomic E-state index is 12.7. The molecule has 2 aromatic heterocycles. The highest BCUT2D eigenvalue weighted by Crippen LogP contribution is 2.29. The highest BCUT2D eigenvalue weighted by molar-refractivity contribution is 7.84. The van der Waals surface area contributed by atoms with E-state index in [0.717, 1.165) is 11.1 Å². The van der Waals surface area contributed by atoms with E-state index in [4.69, 9.17) is 9.47 Å². The summed E-state index contributed by atoms with van der Waals surface area (Å²) >= 11 is 0. The summed E-state index contributed by atoms with van der Waals surface area (Å²) in [5.41, 5.74) is 2.65. The minimum absolute atomic E-state index is 0.233. The molecule has 29 heavy (non-hydrogen) atoms. The van der Waals surface area contributed by atoms with Crippen molar-refractivity contribution in [1.82, 2.24) is 15.0 Å². The van der Waals surface area contributed by atoms with Crippen molar-refractivity contribution in [2.24, 2.45) is 0 Å². The second-order valence-electron chi connectivity index (χ2n) is 6.17. The molecule has 0 amide bonds. The molecule has 4 aromatic rings. The first-order valence-corrected chi connectivity index (χ1v) is 10.1. The number of benzene rings is 2. The summed E-state index contributed by atoms with van der Waals surface area (Å²) < 4.78 is 23.5. The third-order valence-corrected chi connectivity index (χ3v) is 5.44. The van der Waals surface area contributed by atoms with Crippen LogP contribution >= 0.6 is 0 Å². The normalized spacial score (nSPS) is 11.9. The largest absolute Gasteiger partial charge is 0.493 e. The van der Waals surface area contributed by atoms with Crippen LogP contribution in [0.15, 0.2) is 72.1 Å². The summed E-state index contributed by atoms with van der Waals surface area (Å²) in [4.78, 5) is 23.7. The Morgan fingerprint density at radius 3 is 2.69 bits per heavy atom. The van der Waals surface area contributed by atoms with Gasteiger partial charge in [0.1, 0.15) is 0 Å². The quantitative estimate of drug-likeness (QED) is 0.388. The summed E-state index contributed by atoms with van der Waals surface area (Å²) in [6.07, 6.45) is 3.28. The van der Waals surface area contributed by atoms with Gasteiger partial charge >= 0.3 is 5.97 Å². The molecule has 1 N–H and O–H groups in total. The van der Waals surface area contributed by atoms with Crippen molar-refractivity contribution in [2.45, 2.75) is 10.9 Å². The molecule has 2 aromatic carbocycles. The highest BCUT2D eigenvalue weighted by atomic mass is 32.2. The van der Waals surface area contributed by atoms with Crippen LogP contribution in [-0.2, 0) is 16.6 Å². The first-order chi connectivity index (χ1) is 14.1. The number of aromatic amines is 1. The monoisotopic (exact) mass is 407 g/mol. The third kappa shape index (κ3) is 4.17. The van der Waals surface area contributed by atoms with Gasteiger partial charge in [0.15, 0.2) is 16.7 Å². The lowest BCUT2D eigenvalue weighted by Gasteiger charge is -2.11.